The van der Waals surface area contributed by atoms with Crippen LogP contribution in [0, 0.1) is 0 Å². The van der Waals surface area contributed by atoms with Crippen molar-refractivity contribution in [2.24, 2.45) is 0 Å². The average molecular weight is 305 g/mol. The first-order chi connectivity index (χ1) is 10.6. The summed E-state index contributed by atoms with van der Waals surface area (Å²) >= 11 is 0. The molecule has 0 spiro atoms. The van der Waals surface area contributed by atoms with Gasteiger partial charge in [0.05, 0.1) is 13.0 Å². The number of likely N-dealkylation sites (N-methyl/N-ethyl adjacent to an activating group) is 2. The largest absolute Gasteiger partial charge is 0.493 e. The summed E-state index contributed by atoms with van der Waals surface area (Å²) in [5, 5.41) is 2.65. The molecule has 6 heteroatoms. The molecule has 1 heterocycles. The summed E-state index contributed by atoms with van der Waals surface area (Å²) in [6.45, 7) is 2.12. The van der Waals surface area contributed by atoms with Crippen LogP contribution in [0.4, 0.5) is 0 Å². The highest BCUT2D eigenvalue weighted by molar-refractivity contribution is 5.83. The van der Waals surface area contributed by atoms with Crippen LogP contribution in [0.15, 0.2) is 30.3 Å². The van der Waals surface area contributed by atoms with Crippen LogP contribution in [0.5, 0.6) is 5.75 Å². The smallest absolute Gasteiger partial charge is 0.238 e. The third-order valence-corrected chi connectivity index (χ3v) is 3.88. The van der Waals surface area contributed by atoms with Crippen LogP contribution >= 0.6 is 0 Å². The molecular formula is C16H23N3O3. The van der Waals surface area contributed by atoms with E-state index in [-0.39, 0.29) is 17.9 Å². The zero-order chi connectivity index (χ0) is 15.9. The van der Waals surface area contributed by atoms with Gasteiger partial charge in [-0.15, -0.1) is 0 Å². The van der Waals surface area contributed by atoms with Gasteiger partial charge in [0, 0.05) is 26.7 Å². The fourth-order valence-electron chi connectivity index (χ4n) is 2.48. The van der Waals surface area contributed by atoms with Crippen molar-refractivity contribution in [3.05, 3.63) is 30.3 Å². The molecule has 0 radical (unpaired) electrons. The second-order valence-corrected chi connectivity index (χ2v) is 5.36. The van der Waals surface area contributed by atoms with Crippen molar-refractivity contribution in [1.82, 2.24) is 15.1 Å². The van der Waals surface area contributed by atoms with Gasteiger partial charge in [-0.2, -0.15) is 0 Å². The van der Waals surface area contributed by atoms with Crippen molar-refractivity contribution in [3.63, 3.8) is 0 Å². The summed E-state index contributed by atoms with van der Waals surface area (Å²) < 4.78 is 5.55. The van der Waals surface area contributed by atoms with E-state index < -0.39 is 0 Å². The Morgan fingerprint density at radius 2 is 2.00 bits per heavy atom. The van der Waals surface area contributed by atoms with E-state index in [1.54, 1.807) is 11.9 Å². The zero-order valence-corrected chi connectivity index (χ0v) is 13.1. The predicted molar refractivity (Wildman–Crippen MR) is 83.6 cm³/mol. The van der Waals surface area contributed by atoms with Gasteiger partial charge in [-0.1, -0.05) is 18.2 Å². The van der Waals surface area contributed by atoms with Crippen LogP contribution in [0.2, 0.25) is 0 Å². The Bertz CT molecular complexity index is 507. The quantitative estimate of drug-likeness (QED) is 0.852. The van der Waals surface area contributed by atoms with Gasteiger partial charge in [0.1, 0.15) is 11.8 Å². The van der Waals surface area contributed by atoms with Crippen LogP contribution in [0.1, 0.15) is 6.42 Å². The van der Waals surface area contributed by atoms with Gasteiger partial charge in [-0.25, -0.2) is 0 Å². The molecule has 1 aliphatic heterocycles. The Labute approximate surface area is 131 Å². The van der Waals surface area contributed by atoms with Crippen molar-refractivity contribution in [2.45, 2.75) is 12.5 Å². The number of nitrogens with one attached hydrogen (secondary N) is 1. The first-order valence-electron chi connectivity index (χ1n) is 7.49. The molecule has 22 heavy (non-hydrogen) atoms. The molecule has 1 N–H and O–H groups in total. The monoisotopic (exact) mass is 305 g/mol. The van der Waals surface area contributed by atoms with Crippen molar-refractivity contribution in [2.75, 3.05) is 40.3 Å². The number of benzene rings is 1. The maximum atomic E-state index is 12.2. The maximum Gasteiger partial charge on any atom is 0.238 e. The first kappa shape index (κ1) is 16.3. The van der Waals surface area contributed by atoms with E-state index in [0.29, 0.717) is 32.7 Å². The number of rotatable bonds is 5. The Kier molecular flexibility index (Phi) is 5.77. The molecule has 1 atom stereocenters. The molecule has 1 aliphatic rings. The van der Waals surface area contributed by atoms with Gasteiger partial charge in [-0.3, -0.25) is 14.5 Å². The molecule has 1 saturated heterocycles. The van der Waals surface area contributed by atoms with E-state index in [9.17, 15) is 9.59 Å². The molecule has 0 aliphatic carbocycles. The normalized spacial score (nSPS) is 18.8. The molecule has 6 nitrogen and oxygen atoms in total. The summed E-state index contributed by atoms with van der Waals surface area (Å²) in [5.41, 5.74) is 0. The van der Waals surface area contributed by atoms with Crippen molar-refractivity contribution in [3.8, 4) is 5.75 Å². The van der Waals surface area contributed by atoms with Gasteiger partial charge >= 0.3 is 0 Å². The molecule has 1 aromatic rings. The first-order valence-corrected chi connectivity index (χ1v) is 7.49. The SMILES string of the molecule is CNC(=O)C1CN(C(=O)CCOc2ccccc2)CCN1C. The Morgan fingerprint density at radius 3 is 2.68 bits per heavy atom. The fraction of sp³-hybridized carbons (Fsp3) is 0.500. The van der Waals surface area contributed by atoms with E-state index in [4.69, 9.17) is 4.74 Å². The van der Waals surface area contributed by atoms with E-state index in [1.165, 1.54) is 0 Å². The molecule has 1 unspecified atom stereocenters. The van der Waals surface area contributed by atoms with Crippen LogP contribution < -0.4 is 10.1 Å². The topological polar surface area (TPSA) is 61.9 Å². The summed E-state index contributed by atoms with van der Waals surface area (Å²) in [4.78, 5) is 27.8. The zero-order valence-electron chi connectivity index (χ0n) is 13.1. The average Bonchev–Trinajstić information content (AvgIpc) is 2.55. The lowest BCUT2D eigenvalue weighted by Crippen LogP contribution is -2.58. The minimum absolute atomic E-state index is 0.0259. The summed E-state index contributed by atoms with van der Waals surface area (Å²) in [6.07, 6.45) is 0.319. The van der Waals surface area contributed by atoms with E-state index in [0.717, 1.165) is 5.75 Å². The molecule has 120 valence electrons. The number of amides is 2. The van der Waals surface area contributed by atoms with Gasteiger partial charge in [0.15, 0.2) is 0 Å². The molecular weight excluding hydrogens is 282 g/mol. The number of carbonyl (C=O) groups is 2. The Hall–Kier alpha value is -2.08. The second kappa shape index (κ2) is 7.79. The summed E-state index contributed by atoms with van der Waals surface area (Å²) in [6, 6.07) is 9.15. The highest BCUT2D eigenvalue weighted by atomic mass is 16.5. The van der Waals surface area contributed by atoms with Crippen molar-refractivity contribution >= 4 is 11.8 Å². The molecule has 2 amide bonds. The van der Waals surface area contributed by atoms with Crippen LogP contribution in [0.3, 0.4) is 0 Å². The number of nitrogens with zero attached hydrogens (tertiary/aromatic N) is 2. The highest BCUT2D eigenvalue weighted by Crippen LogP contribution is 2.11. The molecule has 1 fully saturated rings. The van der Waals surface area contributed by atoms with Crippen molar-refractivity contribution in [1.29, 1.82) is 0 Å². The minimum Gasteiger partial charge on any atom is -0.493 e. The molecule has 1 aromatic carbocycles. The number of carbonyl (C=O) groups excluding carboxylic acids is 2. The van der Waals surface area contributed by atoms with E-state index >= 15 is 0 Å². The Morgan fingerprint density at radius 1 is 1.27 bits per heavy atom. The van der Waals surface area contributed by atoms with Gasteiger partial charge in [0.2, 0.25) is 11.8 Å². The number of hydrogen-bond donors (Lipinski definition) is 1. The summed E-state index contributed by atoms with van der Waals surface area (Å²) in [7, 11) is 3.52. The van der Waals surface area contributed by atoms with Gasteiger partial charge < -0.3 is 15.0 Å². The molecule has 2 rings (SSSR count). The van der Waals surface area contributed by atoms with Crippen LogP contribution in [0.25, 0.3) is 0 Å². The molecule has 0 saturated carbocycles. The molecule has 0 aromatic heterocycles. The lowest BCUT2D eigenvalue weighted by atomic mass is 10.1. The van der Waals surface area contributed by atoms with Crippen LogP contribution in [-0.4, -0.2) is 68.0 Å². The maximum absolute atomic E-state index is 12.2. The van der Waals surface area contributed by atoms with E-state index in [1.807, 2.05) is 42.3 Å². The lowest BCUT2D eigenvalue weighted by Gasteiger charge is -2.38. The third-order valence-electron chi connectivity index (χ3n) is 3.88. The van der Waals surface area contributed by atoms with Gasteiger partial charge in [0.25, 0.3) is 0 Å². The van der Waals surface area contributed by atoms with E-state index in [2.05, 4.69) is 5.32 Å². The Balaban J connectivity index is 1.81. The number of hydrogen-bond acceptors (Lipinski definition) is 4. The number of para-hydroxylation sites is 1. The van der Waals surface area contributed by atoms with Crippen molar-refractivity contribution < 1.29 is 14.3 Å². The third kappa shape index (κ3) is 4.21. The standard InChI is InChI=1S/C16H23N3O3/c1-17-16(21)14-12-19(10-9-18(14)2)15(20)8-11-22-13-6-4-3-5-7-13/h3-7,14H,8-12H2,1-2H3,(H,17,21). The molecule has 0 bridgehead atoms. The second-order valence-electron chi connectivity index (χ2n) is 5.36. The lowest BCUT2D eigenvalue weighted by molar-refractivity contribution is -0.137. The fourth-order valence-corrected chi connectivity index (χ4v) is 2.48. The highest BCUT2D eigenvalue weighted by Gasteiger charge is 2.31. The summed E-state index contributed by atoms with van der Waals surface area (Å²) in [5.74, 6) is 0.732. The predicted octanol–water partition coefficient (Wildman–Crippen LogP) is 0.344. The number of ether oxygens (including phenoxy) is 1. The van der Waals surface area contributed by atoms with Crippen LogP contribution in [-0.2, 0) is 9.59 Å². The number of piperazine rings is 1. The van der Waals surface area contributed by atoms with Gasteiger partial charge in [-0.05, 0) is 19.2 Å². The minimum atomic E-state index is -0.280.